The number of hydrogen-bond donors (Lipinski definition) is 1. The first-order chi connectivity index (χ1) is 13.9. The Labute approximate surface area is 179 Å². The largest absolute Gasteiger partial charge is 0.481 e. The smallest absolute Gasteiger partial charge is 0.330 e. The first-order valence-corrected chi connectivity index (χ1v) is 10.8. The third kappa shape index (κ3) is 5.05. The topological polar surface area (TPSA) is 93.1 Å². The maximum atomic E-state index is 13.5. The number of ether oxygens (including phenoxy) is 2. The van der Waals surface area contributed by atoms with Crippen molar-refractivity contribution in [1.82, 2.24) is 4.90 Å². The molecule has 2 fully saturated rings. The van der Waals surface area contributed by atoms with Gasteiger partial charge in [0.1, 0.15) is 6.10 Å². The maximum Gasteiger partial charge on any atom is 0.330 e. The van der Waals surface area contributed by atoms with Crippen LogP contribution in [0.2, 0.25) is 0 Å². The molecule has 170 valence electrons. The summed E-state index contributed by atoms with van der Waals surface area (Å²) >= 11 is 0. The molecular weight excluding hydrogens is 386 g/mol. The quantitative estimate of drug-likeness (QED) is 0.494. The SMILES string of the molecule is C=CC(=O)OCCC1(C(=O)OC2CC(C)(C)N(C)C(C)(C)C2)CCCCC1C(=O)O. The fourth-order valence-electron chi connectivity index (χ4n) is 5.27. The van der Waals surface area contributed by atoms with Crippen LogP contribution in [0, 0.1) is 11.3 Å². The lowest BCUT2D eigenvalue weighted by atomic mass is 9.64. The molecule has 0 aromatic rings. The van der Waals surface area contributed by atoms with Gasteiger partial charge in [0.05, 0.1) is 17.9 Å². The van der Waals surface area contributed by atoms with Gasteiger partial charge in [-0.15, -0.1) is 0 Å². The molecule has 0 radical (unpaired) electrons. The molecule has 1 saturated carbocycles. The summed E-state index contributed by atoms with van der Waals surface area (Å²) in [5.41, 5.74) is -1.49. The number of carbonyl (C=O) groups excluding carboxylic acids is 2. The van der Waals surface area contributed by atoms with Crippen molar-refractivity contribution in [1.29, 1.82) is 0 Å². The second-order valence-corrected chi connectivity index (χ2v) is 10.0. The molecule has 0 bridgehead atoms. The molecule has 1 saturated heterocycles. The van der Waals surface area contributed by atoms with Crippen LogP contribution in [-0.2, 0) is 23.9 Å². The summed E-state index contributed by atoms with van der Waals surface area (Å²) in [6.45, 7) is 11.8. The fraction of sp³-hybridized carbons (Fsp3) is 0.783. The molecule has 30 heavy (non-hydrogen) atoms. The van der Waals surface area contributed by atoms with E-state index in [1.54, 1.807) is 0 Å². The van der Waals surface area contributed by atoms with Gasteiger partial charge in [0.2, 0.25) is 0 Å². The van der Waals surface area contributed by atoms with Gasteiger partial charge >= 0.3 is 17.9 Å². The lowest BCUT2D eigenvalue weighted by Crippen LogP contribution is -2.61. The standard InChI is InChI=1S/C23H37NO6/c1-7-18(25)29-13-12-23(11-9-8-10-17(23)19(26)27)20(28)30-16-14-21(2,3)24(6)22(4,5)15-16/h7,16-17H,1,8-15H2,2-6H3,(H,26,27). The van der Waals surface area contributed by atoms with Gasteiger partial charge in [-0.25, -0.2) is 4.79 Å². The van der Waals surface area contributed by atoms with E-state index < -0.39 is 29.2 Å². The minimum Gasteiger partial charge on any atom is -0.481 e. The summed E-state index contributed by atoms with van der Waals surface area (Å²) in [5.74, 6) is -2.88. The Morgan fingerprint density at radius 1 is 1.13 bits per heavy atom. The minimum absolute atomic E-state index is 0.0336. The Balaban J connectivity index is 2.25. The minimum atomic E-state index is -1.18. The Hall–Kier alpha value is -1.89. The van der Waals surface area contributed by atoms with E-state index in [0.29, 0.717) is 25.7 Å². The second-order valence-electron chi connectivity index (χ2n) is 10.0. The van der Waals surface area contributed by atoms with Crippen LogP contribution in [-0.4, -0.2) is 58.8 Å². The van der Waals surface area contributed by atoms with Crippen molar-refractivity contribution < 1.29 is 29.0 Å². The zero-order valence-electron chi connectivity index (χ0n) is 19.0. The number of carboxylic acids is 1. The average molecular weight is 424 g/mol. The van der Waals surface area contributed by atoms with Crippen molar-refractivity contribution in [2.24, 2.45) is 11.3 Å². The number of esters is 2. The molecule has 2 unspecified atom stereocenters. The predicted octanol–water partition coefficient (Wildman–Crippen LogP) is 3.56. The van der Waals surface area contributed by atoms with Gasteiger partial charge in [0.15, 0.2) is 0 Å². The van der Waals surface area contributed by atoms with Crippen LogP contribution in [0.25, 0.3) is 0 Å². The summed E-state index contributed by atoms with van der Waals surface area (Å²) in [5, 5.41) is 9.85. The van der Waals surface area contributed by atoms with E-state index in [0.717, 1.165) is 18.9 Å². The lowest BCUT2D eigenvalue weighted by molar-refractivity contribution is -0.184. The Kier molecular flexibility index (Phi) is 7.38. The molecule has 7 heteroatoms. The molecule has 0 amide bonds. The summed E-state index contributed by atoms with van der Waals surface area (Å²) < 4.78 is 11.1. The molecule has 0 spiro atoms. The van der Waals surface area contributed by atoms with Crippen LogP contribution in [0.15, 0.2) is 12.7 Å². The fourth-order valence-corrected chi connectivity index (χ4v) is 5.27. The van der Waals surface area contributed by atoms with Gasteiger partial charge in [-0.3, -0.25) is 14.5 Å². The number of hydrogen-bond acceptors (Lipinski definition) is 6. The van der Waals surface area contributed by atoms with E-state index in [-0.39, 0.29) is 30.2 Å². The van der Waals surface area contributed by atoms with Crippen molar-refractivity contribution in [2.45, 2.75) is 89.8 Å². The second kappa shape index (κ2) is 9.08. The van der Waals surface area contributed by atoms with E-state index >= 15 is 0 Å². The van der Waals surface area contributed by atoms with Crippen LogP contribution in [0.3, 0.4) is 0 Å². The number of likely N-dealkylation sites (tertiary alicyclic amines) is 1. The van der Waals surface area contributed by atoms with Crippen molar-refractivity contribution >= 4 is 17.9 Å². The van der Waals surface area contributed by atoms with Gasteiger partial charge in [-0.2, -0.15) is 0 Å². The van der Waals surface area contributed by atoms with E-state index in [4.69, 9.17) is 9.47 Å². The van der Waals surface area contributed by atoms with E-state index in [9.17, 15) is 19.5 Å². The van der Waals surface area contributed by atoms with E-state index in [2.05, 4.69) is 46.2 Å². The lowest BCUT2D eigenvalue weighted by Gasteiger charge is -2.53. The van der Waals surface area contributed by atoms with Gasteiger partial charge in [-0.1, -0.05) is 19.4 Å². The first kappa shape index (κ1) is 24.4. The summed E-state index contributed by atoms with van der Waals surface area (Å²) in [7, 11) is 2.08. The number of carboxylic acid groups (broad SMARTS) is 1. The monoisotopic (exact) mass is 423 g/mol. The highest BCUT2D eigenvalue weighted by molar-refractivity contribution is 5.85. The molecule has 2 rings (SSSR count). The van der Waals surface area contributed by atoms with Gasteiger partial charge in [0.25, 0.3) is 0 Å². The van der Waals surface area contributed by atoms with Crippen molar-refractivity contribution in [3.63, 3.8) is 0 Å². The Morgan fingerprint density at radius 2 is 1.73 bits per heavy atom. The van der Waals surface area contributed by atoms with E-state index in [1.165, 1.54) is 0 Å². The molecule has 0 aromatic heterocycles. The van der Waals surface area contributed by atoms with Crippen LogP contribution < -0.4 is 0 Å². The molecule has 2 atom stereocenters. The summed E-state index contributed by atoms with van der Waals surface area (Å²) in [6, 6.07) is 0. The highest BCUT2D eigenvalue weighted by Crippen LogP contribution is 2.47. The molecule has 7 nitrogen and oxygen atoms in total. The van der Waals surface area contributed by atoms with Crippen LogP contribution in [0.1, 0.15) is 72.6 Å². The molecule has 1 N–H and O–H groups in total. The van der Waals surface area contributed by atoms with Crippen LogP contribution >= 0.6 is 0 Å². The molecule has 1 aliphatic carbocycles. The van der Waals surface area contributed by atoms with Crippen molar-refractivity contribution in [2.75, 3.05) is 13.7 Å². The van der Waals surface area contributed by atoms with E-state index in [1.807, 2.05) is 0 Å². The molecular formula is C23H37NO6. The number of rotatable bonds is 7. The zero-order valence-corrected chi connectivity index (χ0v) is 19.0. The van der Waals surface area contributed by atoms with Crippen molar-refractivity contribution in [3.8, 4) is 0 Å². The Bertz CT molecular complexity index is 667. The molecule has 0 aromatic carbocycles. The number of aliphatic carboxylic acids is 1. The number of piperidine rings is 1. The Morgan fingerprint density at radius 3 is 2.27 bits per heavy atom. The molecule has 1 heterocycles. The molecule has 2 aliphatic rings. The highest BCUT2D eigenvalue weighted by atomic mass is 16.5. The first-order valence-electron chi connectivity index (χ1n) is 10.8. The molecule has 1 aliphatic heterocycles. The number of nitrogens with zero attached hydrogens (tertiary/aromatic N) is 1. The average Bonchev–Trinajstić information content (AvgIpc) is 2.65. The predicted molar refractivity (Wildman–Crippen MR) is 113 cm³/mol. The maximum absolute atomic E-state index is 13.5. The van der Waals surface area contributed by atoms with Crippen LogP contribution in [0.4, 0.5) is 0 Å². The highest BCUT2D eigenvalue weighted by Gasteiger charge is 2.53. The third-order valence-corrected chi connectivity index (χ3v) is 7.24. The van der Waals surface area contributed by atoms with Gasteiger partial charge < -0.3 is 14.6 Å². The summed E-state index contributed by atoms with van der Waals surface area (Å²) in [6.07, 6.45) is 4.62. The zero-order chi connectivity index (χ0) is 22.7. The van der Waals surface area contributed by atoms with Gasteiger partial charge in [-0.05, 0) is 54.0 Å². The van der Waals surface area contributed by atoms with Crippen LogP contribution in [0.5, 0.6) is 0 Å². The normalized spacial score (nSPS) is 29.0. The van der Waals surface area contributed by atoms with Gasteiger partial charge in [0, 0.05) is 30.0 Å². The number of carbonyl (C=O) groups is 3. The third-order valence-electron chi connectivity index (χ3n) is 7.24. The van der Waals surface area contributed by atoms with Crippen molar-refractivity contribution in [3.05, 3.63) is 12.7 Å². The summed E-state index contributed by atoms with van der Waals surface area (Å²) in [4.78, 5) is 39.3.